The van der Waals surface area contributed by atoms with Crippen molar-refractivity contribution in [3.05, 3.63) is 47.6 Å². The average molecular weight is 344 g/mol. The molecule has 0 spiro atoms. The normalized spacial score (nSPS) is 13.2. The van der Waals surface area contributed by atoms with E-state index in [1.54, 1.807) is 4.68 Å². The second kappa shape index (κ2) is 6.72. The summed E-state index contributed by atoms with van der Waals surface area (Å²) in [6, 6.07) is 10.1. The summed E-state index contributed by atoms with van der Waals surface area (Å²) >= 11 is 1.50. The van der Waals surface area contributed by atoms with Crippen molar-refractivity contribution >= 4 is 11.8 Å². The van der Waals surface area contributed by atoms with E-state index in [4.69, 9.17) is 4.52 Å². The molecule has 0 fully saturated rings. The van der Waals surface area contributed by atoms with Crippen LogP contribution in [0.4, 0.5) is 0 Å². The monoisotopic (exact) mass is 344 g/mol. The van der Waals surface area contributed by atoms with Crippen molar-refractivity contribution < 1.29 is 4.52 Å². The predicted molar refractivity (Wildman–Crippen MR) is 90.6 cm³/mol. The highest BCUT2D eigenvalue weighted by Crippen LogP contribution is 2.33. The van der Waals surface area contributed by atoms with Gasteiger partial charge >= 0.3 is 0 Å². The molecule has 24 heavy (non-hydrogen) atoms. The van der Waals surface area contributed by atoms with E-state index in [9.17, 15) is 0 Å². The van der Waals surface area contributed by atoms with Crippen molar-refractivity contribution in [3.63, 3.8) is 0 Å². The van der Waals surface area contributed by atoms with Gasteiger partial charge in [-0.05, 0) is 22.9 Å². The van der Waals surface area contributed by atoms with Crippen molar-refractivity contribution in [2.45, 2.75) is 50.1 Å². The second-order valence-corrected chi connectivity index (χ2v) is 7.88. The van der Waals surface area contributed by atoms with Crippen LogP contribution in [0.2, 0.25) is 0 Å². The zero-order chi connectivity index (χ0) is 17.2. The van der Waals surface area contributed by atoms with Crippen LogP contribution in [0.3, 0.4) is 0 Å². The molecule has 126 valence electrons. The Kier molecular flexibility index (Phi) is 4.66. The summed E-state index contributed by atoms with van der Waals surface area (Å²) in [6.07, 6.45) is 0. The van der Waals surface area contributed by atoms with E-state index in [1.807, 2.05) is 37.3 Å². The molecule has 1 atom stereocenters. The molecule has 0 saturated heterocycles. The third-order valence-electron chi connectivity index (χ3n) is 3.42. The van der Waals surface area contributed by atoms with Crippen molar-refractivity contribution in [3.8, 4) is 0 Å². The van der Waals surface area contributed by atoms with Crippen molar-refractivity contribution in [2.75, 3.05) is 0 Å². The number of hydrogen-bond acceptors (Lipinski definition) is 7. The van der Waals surface area contributed by atoms with Crippen LogP contribution >= 0.6 is 11.8 Å². The van der Waals surface area contributed by atoms with Crippen LogP contribution in [0.15, 0.2) is 40.0 Å². The first-order valence-electron chi connectivity index (χ1n) is 7.74. The molecule has 1 aromatic carbocycles. The van der Waals surface area contributed by atoms with Crippen LogP contribution in [0.1, 0.15) is 50.2 Å². The number of hydrogen-bond donors (Lipinski definition) is 0. The van der Waals surface area contributed by atoms with Gasteiger partial charge in [0.05, 0.1) is 11.8 Å². The Hall–Kier alpha value is -2.22. The van der Waals surface area contributed by atoms with Gasteiger partial charge in [0.1, 0.15) is 0 Å². The van der Waals surface area contributed by atoms with Gasteiger partial charge in [0.15, 0.2) is 5.82 Å². The summed E-state index contributed by atoms with van der Waals surface area (Å²) < 4.78 is 7.18. The smallest absolute Gasteiger partial charge is 0.239 e. The SMILES string of the molecule is CC(Sc1nnnn1Cc1ccccc1)c1nc(C(C)(C)C)no1. The third kappa shape index (κ3) is 3.81. The highest BCUT2D eigenvalue weighted by Gasteiger charge is 2.24. The van der Waals surface area contributed by atoms with Gasteiger partial charge in [0.2, 0.25) is 11.0 Å². The van der Waals surface area contributed by atoms with Gasteiger partial charge in [-0.2, -0.15) is 4.98 Å². The van der Waals surface area contributed by atoms with Gasteiger partial charge in [-0.15, -0.1) is 5.10 Å². The van der Waals surface area contributed by atoms with E-state index in [0.717, 1.165) is 10.7 Å². The van der Waals surface area contributed by atoms with Gasteiger partial charge in [-0.25, -0.2) is 4.68 Å². The highest BCUT2D eigenvalue weighted by atomic mass is 32.2. The molecule has 0 N–H and O–H groups in total. The largest absolute Gasteiger partial charge is 0.338 e. The van der Waals surface area contributed by atoms with E-state index in [-0.39, 0.29) is 10.7 Å². The molecule has 3 rings (SSSR count). The summed E-state index contributed by atoms with van der Waals surface area (Å²) in [7, 11) is 0. The zero-order valence-corrected chi connectivity index (χ0v) is 15.0. The predicted octanol–water partition coefficient (Wildman–Crippen LogP) is 3.26. The minimum atomic E-state index is -0.138. The summed E-state index contributed by atoms with van der Waals surface area (Å²) in [6.45, 7) is 8.80. The van der Waals surface area contributed by atoms with Gasteiger partial charge in [0, 0.05) is 5.41 Å². The van der Waals surface area contributed by atoms with Crippen molar-refractivity contribution in [1.82, 2.24) is 30.3 Å². The first kappa shape index (κ1) is 16.6. The van der Waals surface area contributed by atoms with Gasteiger partial charge < -0.3 is 4.52 Å². The molecule has 8 heteroatoms. The Morgan fingerprint density at radius 1 is 1.21 bits per heavy atom. The lowest BCUT2D eigenvalue weighted by molar-refractivity contribution is 0.364. The number of aromatic nitrogens is 6. The number of tetrazole rings is 1. The minimum absolute atomic E-state index is 0.0332. The molecule has 0 saturated carbocycles. The molecule has 0 radical (unpaired) electrons. The van der Waals surface area contributed by atoms with E-state index < -0.39 is 0 Å². The molecule has 1 unspecified atom stereocenters. The standard InChI is InChI=1S/C16H20N6OS/c1-11(13-17-14(19-23-13)16(2,3)4)24-15-18-20-21-22(15)10-12-8-6-5-7-9-12/h5-9,11H,10H2,1-4H3. The van der Waals surface area contributed by atoms with Gasteiger partial charge in [-0.1, -0.05) is 68.0 Å². The first-order valence-corrected chi connectivity index (χ1v) is 8.62. The molecule has 0 aliphatic heterocycles. The topological polar surface area (TPSA) is 82.5 Å². The van der Waals surface area contributed by atoms with Crippen molar-refractivity contribution in [1.29, 1.82) is 0 Å². The highest BCUT2D eigenvalue weighted by molar-refractivity contribution is 7.99. The van der Waals surface area contributed by atoms with Crippen LogP contribution in [0.5, 0.6) is 0 Å². The van der Waals surface area contributed by atoms with E-state index in [2.05, 4.69) is 46.4 Å². The Bertz CT molecular complexity index is 792. The number of benzene rings is 1. The fourth-order valence-electron chi connectivity index (χ4n) is 2.05. The zero-order valence-electron chi connectivity index (χ0n) is 14.2. The summed E-state index contributed by atoms with van der Waals surface area (Å²) in [5.41, 5.74) is 1.01. The molecule has 0 bridgehead atoms. The lowest BCUT2D eigenvalue weighted by Gasteiger charge is -2.11. The fourth-order valence-corrected chi connectivity index (χ4v) is 2.87. The molecule has 3 aromatic rings. The van der Waals surface area contributed by atoms with Crippen LogP contribution in [0.25, 0.3) is 0 Å². The third-order valence-corrected chi connectivity index (χ3v) is 4.48. The number of thioether (sulfide) groups is 1. The average Bonchev–Trinajstić information content (AvgIpc) is 3.18. The summed E-state index contributed by atoms with van der Waals surface area (Å²) in [5, 5.41) is 16.7. The molecule has 7 nitrogen and oxygen atoms in total. The second-order valence-electron chi connectivity index (χ2n) is 6.57. The first-order chi connectivity index (χ1) is 11.4. The van der Waals surface area contributed by atoms with Gasteiger partial charge in [0.25, 0.3) is 0 Å². The Labute approximate surface area is 144 Å². The summed E-state index contributed by atoms with van der Waals surface area (Å²) in [5.74, 6) is 1.29. The molecule has 0 aliphatic rings. The van der Waals surface area contributed by atoms with E-state index >= 15 is 0 Å². The lowest BCUT2D eigenvalue weighted by Crippen LogP contribution is -2.13. The quantitative estimate of drug-likeness (QED) is 0.657. The maximum atomic E-state index is 5.40. The minimum Gasteiger partial charge on any atom is -0.338 e. The number of nitrogens with zero attached hydrogens (tertiary/aromatic N) is 6. The molecular weight excluding hydrogens is 324 g/mol. The fraction of sp³-hybridized carbons (Fsp3) is 0.438. The Balaban J connectivity index is 1.72. The Morgan fingerprint density at radius 3 is 2.62 bits per heavy atom. The van der Waals surface area contributed by atoms with Crippen LogP contribution in [-0.4, -0.2) is 30.3 Å². The lowest BCUT2D eigenvalue weighted by atomic mass is 9.96. The maximum absolute atomic E-state index is 5.40. The van der Waals surface area contributed by atoms with Gasteiger partial charge in [-0.3, -0.25) is 0 Å². The van der Waals surface area contributed by atoms with Crippen LogP contribution in [0, 0.1) is 0 Å². The van der Waals surface area contributed by atoms with Crippen molar-refractivity contribution in [2.24, 2.45) is 0 Å². The molecule has 0 amide bonds. The van der Waals surface area contributed by atoms with Crippen LogP contribution < -0.4 is 0 Å². The number of rotatable bonds is 5. The molecule has 0 aliphatic carbocycles. The maximum Gasteiger partial charge on any atom is 0.239 e. The van der Waals surface area contributed by atoms with E-state index in [1.165, 1.54) is 11.8 Å². The van der Waals surface area contributed by atoms with E-state index in [0.29, 0.717) is 18.3 Å². The molecular formula is C16H20N6OS. The summed E-state index contributed by atoms with van der Waals surface area (Å²) in [4.78, 5) is 4.50. The molecule has 2 aromatic heterocycles. The Morgan fingerprint density at radius 2 is 1.96 bits per heavy atom. The molecule has 2 heterocycles. The van der Waals surface area contributed by atoms with Crippen LogP contribution in [-0.2, 0) is 12.0 Å².